The minimum Gasteiger partial charge on any atom is -0.481 e. The zero-order valence-corrected chi connectivity index (χ0v) is 13.9. The molecular formula is C17H13N3O4S. The van der Waals surface area contributed by atoms with Crippen molar-refractivity contribution in [3.8, 4) is 5.88 Å². The lowest BCUT2D eigenvalue weighted by atomic mass is 10.1. The highest BCUT2D eigenvalue weighted by atomic mass is 32.2. The summed E-state index contributed by atoms with van der Waals surface area (Å²) in [7, 11) is 1.56. The van der Waals surface area contributed by atoms with Crippen molar-refractivity contribution in [2.45, 2.75) is 6.23 Å². The minimum absolute atomic E-state index is 0.320. The molecule has 0 aromatic carbocycles. The standard InChI is InChI=1S/C17H13N3O4S/c1-23-14-8-11(4-5-18-14)20-6-2-3-10-7-12(24-16(10)20)9-13-15(21)19-17(22)25-13/h2-9,16H,1H3,(H,19,21,22)/b13-9-. The first kappa shape index (κ1) is 15.5. The van der Waals surface area contributed by atoms with E-state index in [1.165, 1.54) is 0 Å². The van der Waals surface area contributed by atoms with Crippen LogP contribution in [0.25, 0.3) is 0 Å². The third-order valence-corrected chi connectivity index (χ3v) is 4.58. The number of rotatable bonds is 3. The third-order valence-electron chi connectivity index (χ3n) is 3.77. The Morgan fingerprint density at radius 2 is 2.32 bits per heavy atom. The van der Waals surface area contributed by atoms with Gasteiger partial charge in [-0.05, 0) is 36.1 Å². The van der Waals surface area contributed by atoms with Crippen molar-refractivity contribution in [2.24, 2.45) is 0 Å². The van der Waals surface area contributed by atoms with E-state index in [9.17, 15) is 9.59 Å². The number of imide groups is 1. The van der Waals surface area contributed by atoms with Crippen LogP contribution in [0.1, 0.15) is 0 Å². The van der Waals surface area contributed by atoms with Crippen LogP contribution in [0, 0.1) is 0 Å². The third kappa shape index (κ3) is 2.91. The largest absolute Gasteiger partial charge is 0.481 e. The zero-order valence-electron chi connectivity index (χ0n) is 13.1. The molecule has 1 aromatic heterocycles. The molecule has 0 aliphatic carbocycles. The molecule has 25 heavy (non-hydrogen) atoms. The molecule has 1 N–H and O–H groups in total. The van der Waals surface area contributed by atoms with Crippen molar-refractivity contribution < 1.29 is 19.1 Å². The van der Waals surface area contributed by atoms with Crippen LogP contribution in [0.5, 0.6) is 5.88 Å². The summed E-state index contributed by atoms with van der Waals surface area (Å²) in [6.07, 6.45) is 10.5. The Hall–Kier alpha value is -3.00. The first-order chi connectivity index (χ1) is 12.1. The number of ether oxygens (including phenoxy) is 2. The molecular weight excluding hydrogens is 342 g/mol. The van der Waals surface area contributed by atoms with E-state index in [4.69, 9.17) is 9.47 Å². The number of aromatic nitrogens is 1. The summed E-state index contributed by atoms with van der Waals surface area (Å²) < 4.78 is 11.1. The molecule has 0 spiro atoms. The number of anilines is 1. The second-order valence-corrected chi connectivity index (χ2v) is 6.36. The van der Waals surface area contributed by atoms with Gasteiger partial charge in [0, 0.05) is 24.0 Å². The Morgan fingerprint density at radius 1 is 1.44 bits per heavy atom. The molecule has 1 fully saturated rings. The molecule has 1 saturated heterocycles. The van der Waals surface area contributed by atoms with Gasteiger partial charge in [0.2, 0.25) is 12.1 Å². The molecule has 0 radical (unpaired) electrons. The number of carbonyl (C=O) groups excluding carboxylic acids is 2. The molecule has 1 unspecified atom stereocenters. The van der Waals surface area contributed by atoms with Crippen LogP contribution in [0.15, 0.2) is 65.1 Å². The van der Waals surface area contributed by atoms with Gasteiger partial charge in [-0.25, -0.2) is 4.98 Å². The number of thioether (sulfide) groups is 1. The summed E-state index contributed by atoms with van der Waals surface area (Å²) in [5.41, 5.74) is 1.81. The summed E-state index contributed by atoms with van der Waals surface area (Å²) in [6, 6.07) is 3.67. The van der Waals surface area contributed by atoms with Crippen molar-refractivity contribution in [3.05, 3.63) is 65.1 Å². The number of hydrogen-bond acceptors (Lipinski definition) is 7. The van der Waals surface area contributed by atoms with Crippen molar-refractivity contribution in [1.29, 1.82) is 0 Å². The van der Waals surface area contributed by atoms with Gasteiger partial charge in [-0.15, -0.1) is 0 Å². The highest BCUT2D eigenvalue weighted by molar-refractivity contribution is 8.18. The fourth-order valence-corrected chi connectivity index (χ4v) is 3.32. The molecule has 2 amide bonds. The quantitative estimate of drug-likeness (QED) is 0.834. The number of methoxy groups -OCH3 is 1. The number of pyridine rings is 1. The second-order valence-electron chi connectivity index (χ2n) is 5.34. The summed E-state index contributed by atoms with van der Waals surface area (Å²) in [5.74, 6) is 0.628. The molecule has 4 heterocycles. The molecule has 126 valence electrons. The monoisotopic (exact) mass is 355 g/mol. The number of allylic oxidation sites excluding steroid dienone is 3. The van der Waals surface area contributed by atoms with Gasteiger partial charge in [0.25, 0.3) is 11.1 Å². The average molecular weight is 355 g/mol. The molecule has 8 heteroatoms. The minimum atomic E-state index is -0.405. The maximum atomic E-state index is 11.7. The molecule has 1 atom stereocenters. The number of hydrogen-bond donors (Lipinski definition) is 1. The van der Waals surface area contributed by atoms with Crippen LogP contribution >= 0.6 is 11.8 Å². The lowest BCUT2D eigenvalue weighted by molar-refractivity contribution is -0.115. The zero-order chi connectivity index (χ0) is 17.4. The van der Waals surface area contributed by atoms with Crippen molar-refractivity contribution >= 4 is 28.6 Å². The normalized spacial score (nSPS) is 23.2. The van der Waals surface area contributed by atoms with Crippen LogP contribution in [0.3, 0.4) is 0 Å². The molecule has 0 saturated carbocycles. The van der Waals surface area contributed by atoms with Crippen LogP contribution in [0.2, 0.25) is 0 Å². The molecule has 0 bridgehead atoms. The van der Waals surface area contributed by atoms with Crippen LogP contribution < -0.4 is 15.0 Å². The molecule has 3 aliphatic heterocycles. The predicted octanol–water partition coefficient (Wildman–Crippen LogP) is 2.46. The van der Waals surface area contributed by atoms with E-state index in [0.29, 0.717) is 16.5 Å². The van der Waals surface area contributed by atoms with Gasteiger partial charge in [0.15, 0.2) is 0 Å². The van der Waals surface area contributed by atoms with Gasteiger partial charge < -0.3 is 14.4 Å². The first-order valence-corrected chi connectivity index (χ1v) is 8.26. The van der Waals surface area contributed by atoms with Gasteiger partial charge in [-0.1, -0.05) is 6.08 Å². The lowest BCUT2D eigenvalue weighted by Crippen LogP contribution is -2.33. The van der Waals surface area contributed by atoms with Crippen LogP contribution in [-0.2, 0) is 9.53 Å². The maximum absolute atomic E-state index is 11.7. The van der Waals surface area contributed by atoms with Gasteiger partial charge in [-0.2, -0.15) is 0 Å². The van der Waals surface area contributed by atoms with E-state index >= 15 is 0 Å². The molecule has 3 aliphatic rings. The Bertz CT molecular complexity index is 888. The average Bonchev–Trinajstić information content (AvgIpc) is 3.17. The maximum Gasteiger partial charge on any atom is 0.290 e. The van der Waals surface area contributed by atoms with Gasteiger partial charge in [0.05, 0.1) is 17.7 Å². The highest BCUT2D eigenvalue weighted by Gasteiger charge is 2.32. The van der Waals surface area contributed by atoms with Crippen LogP contribution in [0.4, 0.5) is 10.5 Å². The topological polar surface area (TPSA) is 80.8 Å². The Morgan fingerprint density at radius 3 is 3.08 bits per heavy atom. The molecule has 4 rings (SSSR count). The van der Waals surface area contributed by atoms with Gasteiger partial charge >= 0.3 is 0 Å². The van der Waals surface area contributed by atoms with E-state index in [1.807, 2.05) is 41.5 Å². The summed E-state index contributed by atoms with van der Waals surface area (Å²) in [5, 5.41) is 1.85. The smallest absolute Gasteiger partial charge is 0.290 e. The number of amides is 2. The number of carbonyl (C=O) groups is 2. The van der Waals surface area contributed by atoms with Crippen LogP contribution in [-0.4, -0.2) is 29.5 Å². The van der Waals surface area contributed by atoms with Crippen molar-refractivity contribution in [2.75, 3.05) is 12.0 Å². The Labute approximate surface area is 147 Å². The van der Waals surface area contributed by atoms with Crippen molar-refractivity contribution in [1.82, 2.24) is 10.3 Å². The number of nitrogens with one attached hydrogen (secondary N) is 1. The molecule has 7 nitrogen and oxygen atoms in total. The van der Waals surface area contributed by atoms with E-state index in [0.717, 1.165) is 23.0 Å². The summed E-state index contributed by atoms with van der Waals surface area (Å²) in [4.78, 5) is 29.3. The number of fused-ring (bicyclic) bond motifs is 1. The van der Waals surface area contributed by atoms with Gasteiger partial charge in [-0.3, -0.25) is 14.9 Å². The predicted molar refractivity (Wildman–Crippen MR) is 92.7 cm³/mol. The fourth-order valence-electron chi connectivity index (χ4n) is 2.66. The lowest BCUT2D eigenvalue weighted by Gasteiger charge is -2.30. The molecule has 1 aromatic rings. The fraction of sp³-hybridized carbons (Fsp3) is 0.118. The Balaban J connectivity index is 1.59. The summed E-state index contributed by atoms with van der Waals surface area (Å²) in [6.45, 7) is 0. The van der Waals surface area contributed by atoms with E-state index in [2.05, 4.69) is 10.3 Å². The van der Waals surface area contributed by atoms with Crippen molar-refractivity contribution in [3.63, 3.8) is 0 Å². The summed E-state index contributed by atoms with van der Waals surface area (Å²) >= 11 is 0.863. The highest BCUT2D eigenvalue weighted by Crippen LogP contribution is 2.35. The van der Waals surface area contributed by atoms with E-state index in [1.54, 1.807) is 19.4 Å². The second kappa shape index (κ2) is 6.14. The SMILES string of the molecule is COc1cc(N2C=CC=C3C=C(/C=C4\SC(=O)NC4=O)OC32)ccn1. The number of nitrogens with zero attached hydrogens (tertiary/aromatic N) is 2. The Kier molecular flexibility index (Phi) is 3.81. The van der Waals surface area contributed by atoms with E-state index < -0.39 is 5.91 Å². The van der Waals surface area contributed by atoms with Gasteiger partial charge in [0.1, 0.15) is 5.76 Å². The first-order valence-electron chi connectivity index (χ1n) is 7.44. The van der Waals surface area contributed by atoms with E-state index in [-0.39, 0.29) is 11.5 Å².